The van der Waals surface area contributed by atoms with Crippen LogP contribution < -0.4 is 5.73 Å². The highest BCUT2D eigenvalue weighted by Gasteiger charge is 1.79. The smallest absolute Gasteiger partial charge is 0.164 e. The van der Waals surface area contributed by atoms with Gasteiger partial charge in [-0.05, 0) is 0 Å². The molecule has 0 heterocycles. The van der Waals surface area contributed by atoms with E-state index in [1.54, 1.807) is 0 Å². The Morgan fingerprint density at radius 2 is 2.33 bits per heavy atom. The lowest BCUT2D eigenvalue weighted by Gasteiger charge is -1.82. The number of hydrogen-bond donors (Lipinski definition) is 3. The molecule has 0 radical (unpaired) electrons. The highest BCUT2D eigenvalue weighted by atomic mass is 16.4. The second-order valence-corrected chi connectivity index (χ2v) is 0.749. The molecule has 0 aromatic heterocycles. The first-order valence-corrected chi connectivity index (χ1v) is 1.38. The summed E-state index contributed by atoms with van der Waals surface area (Å²) >= 11 is 0. The molecule has 0 aromatic carbocycles. The lowest BCUT2D eigenvalue weighted by molar-refractivity contribution is 0.301. The summed E-state index contributed by atoms with van der Waals surface area (Å²) in [6.45, 7) is -0.392. The molecule has 0 bridgehead atoms. The van der Waals surface area contributed by atoms with Crippen molar-refractivity contribution in [1.29, 1.82) is 0 Å². The van der Waals surface area contributed by atoms with Gasteiger partial charge in [-0.25, -0.2) is 0 Å². The monoisotopic (exact) mass is 90.0 g/mol. The van der Waals surface area contributed by atoms with Gasteiger partial charge in [0.05, 0.1) is 0 Å². The average Bonchev–Trinajstić information content (AvgIpc) is 1.65. The Bertz CT molecular complexity index is 60.6. The van der Waals surface area contributed by atoms with E-state index in [-0.39, 0.29) is 5.84 Å². The minimum atomic E-state index is -0.392. The van der Waals surface area contributed by atoms with Crippen molar-refractivity contribution >= 4 is 5.84 Å². The molecule has 4 heteroatoms. The summed E-state index contributed by atoms with van der Waals surface area (Å²) in [7, 11) is 0. The predicted molar refractivity (Wildman–Crippen MR) is 20.5 cm³/mol. The summed E-state index contributed by atoms with van der Waals surface area (Å²) in [5, 5.41) is 18.0. The third kappa shape index (κ3) is 1.54. The fourth-order valence-corrected chi connectivity index (χ4v) is 0.0316. The number of hydrogen-bond acceptors (Lipinski definition) is 3. The molecule has 0 amide bonds. The Morgan fingerprint density at radius 1 is 1.83 bits per heavy atom. The van der Waals surface area contributed by atoms with Gasteiger partial charge in [-0.1, -0.05) is 5.16 Å². The second kappa shape index (κ2) is 2.47. The van der Waals surface area contributed by atoms with E-state index >= 15 is 0 Å². The van der Waals surface area contributed by atoms with Crippen molar-refractivity contribution in [3.63, 3.8) is 0 Å². The SMILES string of the molecule is N/C(CO)=N/O. The third-order valence-electron chi connectivity index (χ3n) is 0.290. The quantitative estimate of drug-likeness (QED) is 0.162. The van der Waals surface area contributed by atoms with Gasteiger partial charge in [0, 0.05) is 0 Å². The molecule has 0 aromatic rings. The van der Waals surface area contributed by atoms with Gasteiger partial charge in [0.25, 0.3) is 0 Å². The highest BCUT2D eigenvalue weighted by molar-refractivity contribution is 5.80. The van der Waals surface area contributed by atoms with E-state index in [9.17, 15) is 0 Å². The second-order valence-electron chi connectivity index (χ2n) is 0.749. The normalized spacial score (nSPS) is 11.8. The molecule has 4 N–H and O–H groups in total. The van der Waals surface area contributed by atoms with Crippen LogP contribution in [0, 0.1) is 0 Å². The van der Waals surface area contributed by atoms with Crippen LogP contribution in [0.3, 0.4) is 0 Å². The maximum atomic E-state index is 7.92. The first-order chi connectivity index (χ1) is 2.81. The molecule has 0 rings (SSSR count). The lowest BCUT2D eigenvalue weighted by atomic mass is 10.7. The summed E-state index contributed by atoms with van der Waals surface area (Å²) < 4.78 is 0. The fraction of sp³-hybridized carbons (Fsp3) is 0.500. The van der Waals surface area contributed by atoms with Gasteiger partial charge >= 0.3 is 0 Å². The summed E-state index contributed by atoms with van der Waals surface area (Å²) in [4.78, 5) is 0. The molecular weight excluding hydrogens is 84.0 g/mol. The van der Waals surface area contributed by atoms with Gasteiger partial charge in [-0.15, -0.1) is 0 Å². The summed E-state index contributed by atoms with van der Waals surface area (Å²) in [6.07, 6.45) is 0. The van der Waals surface area contributed by atoms with Crippen molar-refractivity contribution in [2.24, 2.45) is 10.9 Å². The molecule has 36 valence electrons. The maximum Gasteiger partial charge on any atom is 0.164 e. The number of amidine groups is 1. The van der Waals surface area contributed by atoms with Crippen LogP contribution in [0.4, 0.5) is 0 Å². The van der Waals surface area contributed by atoms with E-state index < -0.39 is 6.61 Å². The van der Waals surface area contributed by atoms with Gasteiger partial charge in [0.15, 0.2) is 5.84 Å². The molecule has 0 saturated carbocycles. The fourth-order valence-electron chi connectivity index (χ4n) is 0.0316. The summed E-state index contributed by atoms with van der Waals surface area (Å²) in [5.74, 6) is -0.171. The van der Waals surface area contributed by atoms with Gasteiger partial charge in [0.2, 0.25) is 0 Å². The molecule has 0 spiro atoms. The zero-order chi connectivity index (χ0) is 4.99. The topological polar surface area (TPSA) is 78.8 Å². The van der Waals surface area contributed by atoms with E-state index in [0.717, 1.165) is 0 Å². The third-order valence-corrected chi connectivity index (χ3v) is 0.290. The van der Waals surface area contributed by atoms with Crippen molar-refractivity contribution in [1.82, 2.24) is 0 Å². The number of aliphatic hydroxyl groups is 1. The molecule has 0 fully saturated rings. The number of oxime groups is 1. The van der Waals surface area contributed by atoms with Crippen LogP contribution in [0.1, 0.15) is 0 Å². The Hall–Kier alpha value is -0.770. The van der Waals surface area contributed by atoms with E-state index in [2.05, 4.69) is 5.16 Å². The largest absolute Gasteiger partial charge is 0.409 e. The number of rotatable bonds is 1. The number of nitrogens with zero attached hydrogens (tertiary/aromatic N) is 1. The first kappa shape index (κ1) is 5.23. The Labute approximate surface area is 34.9 Å². The standard InChI is InChI=1S/C2H6N2O2/c3-2(1-5)4-6/h5-6H,1H2,(H2,3,4). The van der Waals surface area contributed by atoms with Gasteiger partial charge < -0.3 is 16.0 Å². The van der Waals surface area contributed by atoms with Crippen molar-refractivity contribution < 1.29 is 10.3 Å². The van der Waals surface area contributed by atoms with Crippen molar-refractivity contribution in [3.8, 4) is 0 Å². The van der Waals surface area contributed by atoms with E-state index in [0.29, 0.717) is 0 Å². The van der Waals surface area contributed by atoms with Crippen LogP contribution in [-0.2, 0) is 0 Å². The van der Waals surface area contributed by atoms with E-state index in [4.69, 9.17) is 16.0 Å². The van der Waals surface area contributed by atoms with Crippen LogP contribution >= 0.6 is 0 Å². The van der Waals surface area contributed by atoms with Crippen LogP contribution in [0.25, 0.3) is 0 Å². The summed E-state index contributed by atoms with van der Waals surface area (Å²) in [6, 6.07) is 0. The molecule has 0 aliphatic carbocycles. The van der Waals surface area contributed by atoms with Gasteiger partial charge in [0.1, 0.15) is 6.61 Å². The van der Waals surface area contributed by atoms with Crippen molar-refractivity contribution in [3.05, 3.63) is 0 Å². The van der Waals surface area contributed by atoms with Gasteiger partial charge in [-0.2, -0.15) is 0 Å². The Balaban J connectivity index is 3.22. The molecule has 0 saturated heterocycles. The molecule has 6 heavy (non-hydrogen) atoms. The lowest BCUT2D eigenvalue weighted by Crippen LogP contribution is -2.15. The van der Waals surface area contributed by atoms with Gasteiger partial charge in [-0.3, -0.25) is 0 Å². The molecule has 4 nitrogen and oxygen atoms in total. The van der Waals surface area contributed by atoms with E-state index in [1.807, 2.05) is 0 Å². The molecule has 0 atom stereocenters. The van der Waals surface area contributed by atoms with E-state index in [1.165, 1.54) is 0 Å². The average molecular weight is 90.1 g/mol. The van der Waals surface area contributed by atoms with Crippen molar-refractivity contribution in [2.45, 2.75) is 0 Å². The number of nitrogens with two attached hydrogens (primary N) is 1. The molecule has 0 unspecified atom stereocenters. The minimum absolute atomic E-state index is 0.171. The van der Waals surface area contributed by atoms with Crippen LogP contribution in [0.2, 0.25) is 0 Å². The Kier molecular flexibility index (Phi) is 2.15. The van der Waals surface area contributed by atoms with Crippen LogP contribution in [-0.4, -0.2) is 22.8 Å². The minimum Gasteiger partial charge on any atom is -0.409 e. The van der Waals surface area contributed by atoms with Crippen LogP contribution in [0.15, 0.2) is 5.16 Å². The van der Waals surface area contributed by atoms with Crippen molar-refractivity contribution in [2.75, 3.05) is 6.61 Å². The van der Waals surface area contributed by atoms with Crippen LogP contribution in [0.5, 0.6) is 0 Å². The highest BCUT2D eigenvalue weighted by Crippen LogP contribution is 1.55. The first-order valence-electron chi connectivity index (χ1n) is 1.38. The maximum absolute atomic E-state index is 7.92. The molecule has 0 aliphatic rings. The zero-order valence-corrected chi connectivity index (χ0v) is 3.13. The Morgan fingerprint density at radius 3 is 2.33 bits per heavy atom. The number of aliphatic hydroxyl groups excluding tert-OH is 1. The zero-order valence-electron chi connectivity index (χ0n) is 3.13. The predicted octanol–water partition coefficient (Wildman–Crippen LogP) is -1.27. The summed E-state index contributed by atoms with van der Waals surface area (Å²) in [5.41, 5.74) is 4.72. The molecular formula is C2H6N2O2. The molecule has 0 aliphatic heterocycles.